The van der Waals surface area contributed by atoms with E-state index in [1.807, 2.05) is 62.5 Å². The Morgan fingerprint density at radius 2 is 0.752 bits per heavy atom. The predicted molar refractivity (Wildman–Crippen MR) is 535 cm³/mol. The van der Waals surface area contributed by atoms with Crippen molar-refractivity contribution in [2.24, 2.45) is 29.4 Å². The number of rotatable bonds is 12. The molecule has 24 N–H and O–H groups in total. The molecule has 0 spiro atoms. The zero-order valence-electron chi connectivity index (χ0n) is 83.8. The van der Waals surface area contributed by atoms with Crippen molar-refractivity contribution >= 4 is 36.0 Å². The van der Waals surface area contributed by atoms with Crippen LogP contribution in [0, 0.1) is 23.7 Å². The molecule has 6 aliphatic rings. The van der Waals surface area contributed by atoms with E-state index in [1.165, 1.54) is 39.0 Å². The number of cyclic esters (lactones) is 2. The maximum atomic E-state index is 13.0. The summed E-state index contributed by atoms with van der Waals surface area (Å²) in [7, 11) is 0. The van der Waals surface area contributed by atoms with Crippen LogP contribution in [-0.2, 0) is 71.3 Å². The summed E-state index contributed by atoms with van der Waals surface area (Å²) in [6, 6.07) is -4.80. The number of aliphatic hydroxyl groups is 19. The van der Waals surface area contributed by atoms with E-state index >= 15 is 0 Å². The van der Waals surface area contributed by atoms with Gasteiger partial charge >= 0.3 is 24.2 Å². The van der Waals surface area contributed by atoms with Gasteiger partial charge in [0.2, 0.25) is 11.8 Å². The number of fused-ring (bicyclic) bond motifs is 4. The minimum absolute atomic E-state index is 0. The van der Waals surface area contributed by atoms with Gasteiger partial charge in [-0.3, -0.25) is 19.2 Å². The molecule has 38 atom stereocenters. The minimum atomic E-state index is -2.39. The molecule has 0 aliphatic carbocycles. The molecule has 0 saturated carbocycles. The average molecular weight is 2060 g/mol. The fourth-order valence-electron chi connectivity index (χ4n) is 17.0. The molecule has 3 amide bonds. The summed E-state index contributed by atoms with van der Waals surface area (Å²) in [6.45, 7) is 22.5. The van der Waals surface area contributed by atoms with Gasteiger partial charge in [-0.15, -0.1) is 0 Å². The highest BCUT2D eigenvalue weighted by molar-refractivity contribution is 5.74. The summed E-state index contributed by atoms with van der Waals surface area (Å²) in [5, 5.41) is 217. The second-order valence-corrected chi connectivity index (χ2v) is 37.8. The third-order valence-corrected chi connectivity index (χ3v) is 25.3. The number of allylic oxidation sites excluding steroid dienone is 24. The van der Waals surface area contributed by atoms with Crippen LogP contribution in [0.2, 0.25) is 0 Å². The van der Waals surface area contributed by atoms with Gasteiger partial charge in [0.1, 0.15) is 49.8 Å². The number of alkyl carbamates (subject to hydrolysis) is 1. The van der Waals surface area contributed by atoms with Crippen LogP contribution in [0.25, 0.3) is 0 Å². The Hall–Kier alpha value is -8.78. The molecule has 0 aromatic heterocycles. The number of esters is 2. The second-order valence-electron chi connectivity index (χ2n) is 37.8. The monoisotopic (exact) mass is 2060 g/mol. The first-order chi connectivity index (χ1) is 68.1. The van der Waals surface area contributed by atoms with Crippen LogP contribution in [0.3, 0.4) is 0 Å². The summed E-state index contributed by atoms with van der Waals surface area (Å²) in [6.07, 6.45) is 8.41. The van der Waals surface area contributed by atoms with Crippen LogP contribution in [0.15, 0.2) is 195 Å². The van der Waals surface area contributed by atoms with Crippen LogP contribution >= 0.6 is 0 Å². The lowest BCUT2D eigenvalue weighted by Gasteiger charge is -2.47. The zero-order chi connectivity index (χ0) is 107. The minimum Gasteiger partial charge on any atom is -0.462 e. The van der Waals surface area contributed by atoms with E-state index in [0.29, 0.717) is 0 Å². The molecule has 145 heavy (non-hydrogen) atoms. The van der Waals surface area contributed by atoms with E-state index in [1.54, 1.807) is 150 Å². The third kappa shape index (κ3) is 47.3. The predicted octanol–water partition coefficient (Wildman–Crippen LogP) is 3.97. The van der Waals surface area contributed by atoms with Crippen molar-refractivity contribution in [3.8, 4) is 0 Å². The van der Waals surface area contributed by atoms with E-state index in [2.05, 4.69) is 29.1 Å². The van der Waals surface area contributed by atoms with Gasteiger partial charge in [0, 0.05) is 88.9 Å². The van der Waals surface area contributed by atoms with Crippen molar-refractivity contribution in [3.63, 3.8) is 0 Å². The van der Waals surface area contributed by atoms with Gasteiger partial charge < -0.3 is 171 Å². The molecular formula is C105H164N4O36. The zero-order valence-corrected chi connectivity index (χ0v) is 83.8. The van der Waals surface area contributed by atoms with Crippen LogP contribution in [0.5, 0.6) is 0 Å². The standard InChI is InChI=1S/C56H84N2O20.C48H76N2O16.CH4/c1-8-26-72-54(69)58-49-51(67)37(6)75-53(52(49)68)76-42-23-21-19-17-15-13-11-10-12-14-16-18-20-22-34(3)50(66)35(4)36(5)74-47(65)30-40(61)28-39(60)24-25-43(63)44(64)29-41(62)32-56(71)33-46(77-55(70)73-27-9-2)48(57-38(7)59)45(31-42)78-56;1-28-18-16-14-12-10-8-6-7-9-11-13-15-17-19-36(65-47-46(61)42(49)45(60)31(4)64-47)25-40-43(50-32(5)51)39(57)27-48(62,66-40)26-35(54)23-38(56)37(55)21-20-33(52)22-34(53)24-41(58)63-30(3)29(2)44(28)59;/h8-23,34-37,39-46,48-53,60-64,66-68,71H,1-2,24-33H2,3-7H3,(H,57,59)(H,58,69);6-19,28-31,33-40,42-47,52-57,59-62H,20-27,49H2,1-5H3,(H,50,51);1H4/b11-10+,14-12+,15-13+,18-16+,19-17+,22-20+,23-21+;7-6+,10-8+,11-9+,14-12+,15-13+,18-16+,19-17+;. The normalized spacial score (nSPS) is 41.7. The van der Waals surface area contributed by atoms with E-state index in [0.717, 1.165) is 0 Å². The van der Waals surface area contributed by atoms with Gasteiger partial charge in [-0.2, -0.15) is 0 Å². The molecule has 6 aliphatic heterocycles. The highest BCUT2D eigenvalue weighted by Crippen LogP contribution is 2.40. The lowest BCUT2D eigenvalue weighted by atomic mass is 9.86. The van der Waals surface area contributed by atoms with Crippen molar-refractivity contribution in [1.82, 2.24) is 16.0 Å². The smallest absolute Gasteiger partial charge is 0.462 e. The molecule has 820 valence electrons. The third-order valence-electron chi connectivity index (χ3n) is 25.3. The fraction of sp³-hybridized carbons (Fsp3) is 0.638. The van der Waals surface area contributed by atoms with Gasteiger partial charge in [-0.25, -0.2) is 9.59 Å². The summed E-state index contributed by atoms with van der Waals surface area (Å²) in [5.41, 5.74) is 6.06. The van der Waals surface area contributed by atoms with Crippen molar-refractivity contribution in [2.45, 2.75) is 386 Å². The number of carbonyl (C=O) groups is 6. The largest absolute Gasteiger partial charge is 0.508 e. The maximum Gasteiger partial charge on any atom is 0.508 e. The summed E-state index contributed by atoms with van der Waals surface area (Å²) in [4.78, 5) is 76.0. The molecule has 0 aromatic carbocycles. The van der Waals surface area contributed by atoms with Gasteiger partial charge in [-0.05, 0) is 66.2 Å². The number of carbonyl (C=O) groups excluding carboxylic acids is 6. The number of amides is 3. The molecule has 0 radical (unpaired) electrons. The maximum absolute atomic E-state index is 13.0. The molecule has 6 heterocycles. The van der Waals surface area contributed by atoms with Crippen molar-refractivity contribution < 1.29 is 178 Å². The number of hydrogen-bond donors (Lipinski definition) is 23. The van der Waals surface area contributed by atoms with Gasteiger partial charge in [0.05, 0.1) is 159 Å². The Bertz CT molecular complexity index is 4310. The van der Waals surface area contributed by atoms with Crippen LogP contribution in [-0.4, -0.2) is 353 Å². The SMILES string of the molecule is C.C=CCOC(=O)NC1C(O)C(C)OC(OC2/C=C/C=C/C=C/C=C/C=C/C=C/C=C/C(C)C(O)C(C)C(C)OC(=O)CC(O)CC(O)CCC(O)C(O)CC(O)CC3(O)CC(OC(=O)OCC=C)C(NC(C)=O)C(C2)O3)C1O.CC(=O)NC1C(O)CC2(O)CC(O)CC(O)C(O)CCC(O)CC(O)CC(=O)OC(C)C(C)C(O)C(C)/C=C/C=C/C=C/C=C/C=C/C=C/C=C/C(OC3OC(C)C(O)C(N)C3O)CC1O2. The molecule has 4 bridgehead atoms. The van der Waals surface area contributed by atoms with E-state index in [4.69, 9.17) is 57.8 Å². The molecular weight excluding hydrogens is 1890 g/mol. The number of nitrogens with one attached hydrogen (secondary N) is 3. The second kappa shape index (κ2) is 66.6. The molecule has 4 fully saturated rings. The highest BCUT2D eigenvalue weighted by atomic mass is 16.7. The van der Waals surface area contributed by atoms with E-state index < -0.39 is 306 Å². The number of aliphatic hydroxyl groups excluding tert-OH is 17. The Labute approximate surface area is 850 Å². The molecule has 0 aromatic rings. The molecule has 4 saturated heterocycles. The van der Waals surface area contributed by atoms with Crippen molar-refractivity contribution in [2.75, 3.05) is 13.2 Å². The lowest BCUT2D eigenvalue weighted by molar-refractivity contribution is -0.304. The van der Waals surface area contributed by atoms with Gasteiger partial charge in [0.15, 0.2) is 24.2 Å². The first kappa shape index (κ1) is 129. The van der Waals surface area contributed by atoms with Crippen LogP contribution < -0.4 is 21.7 Å². The number of nitrogens with two attached hydrogens (primary N) is 1. The molecule has 40 nitrogen and oxygen atoms in total. The Morgan fingerprint density at radius 3 is 1.15 bits per heavy atom. The van der Waals surface area contributed by atoms with Gasteiger partial charge in [0.25, 0.3) is 0 Å². The summed E-state index contributed by atoms with van der Waals surface area (Å²) in [5.74, 6) is -8.68. The quantitative estimate of drug-likeness (QED) is 0.0746. The Morgan fingerprint density at radius 1 is 0.393 bits per heavy atom. The molecule has 40 heteroatoms. The number of hydrogen-bond acceptors (Lipinski definition) is 37. The Kier molecular flexibility index (Phi) is 59.0. The van der Waals surface area contributed by atoms with Crippen LogP contribution in [0.1, 0.15) is 179 Å². The van der Waals surface area contributed by atoms with Crippen molar-refractivity contribution in [3.05, 3.63) is 195 Å². The Balaban J connectivity index is 0.000000608. The fourth-order valence-corrected chi connectivity index (χ4v) is 17.0. The van der Waals surface area contributed by atoms with E-state index in [9.17, 15) is 126 Å². The highest BCUT2D eigenvalue weighted by Gasteiger charge is 2.54. The molecule has 38 unspecified atom stereocenters. The van der Waals surface area contributed by atoms with Gasteiger partial charge in [-0.1, -0.05) is 231 Å². The number of ether oxygens (including phenoxy) is 11. The lowest BCUT2D eigenvalue weighted by Crippen LogP contribution is -2.64. The first-order valence-electron chi connectivity index (χ1n) is 49.1. The van der Waals surface area contributed by atoms with Crippen LogP contribution in [0.4, 0.5) is 9.59 Å². The topological polar surface area (TPSA) is 650 Å². The average Bonchev–Trinajstić information content (AvgIpc) is 0.778. The first-order valence-corrected chi connectivity index (χ1v) is 49.1. The summed E-state index contributed by atoms with van der Waals surface area (Å²) >= 11 is 0. The van der Waals surface area contributed by atoms with Crippen molar-refractivity contribution in [1.29, 1.82) is 0 Å². The van der Waals surface area contributed by atoms with E-state index in [-0.39, 0.29) is 83.8 Å². The molecule has 6 rings (SSSR count). The summed E-state index contributed by atoms with van der Waals surface area (Å²) < 4.78 is 63.3.